The SMILES string of the molecule is CCNc1ccc([N+](=O)[O-])cc1CN(C)C(C)CO. The number of hydrogen-bond donors (Lipinski definition) is 2. The molecule has 0 aliphatic rings. The minimum Gasteiger partial charge on any atom is -0.395 e. The Morgan fingerprint density at radius 2 is 2.21 bits per heavy atom. The lowest BCUT2D eigenvalue weighted by molar-refractivity contribution is -0.384. The third-order valence-electron chi connectivity index (χ3n) is 3.10. The first kappa shape index (κ1) is 15.4. The number of hydrogen-bond acceptors (Lipinski definition) is 5. The normalized spacial score (nSPS) is 12.5. The third kappa shape index (κ3) is 4.18. The zero-order valence-electron chi connectivity index (χ0n) is 11.6. The third-order valence-corrected chi connectivity index (χ3v) is 3.10. The molecule has 1 unspecified atom stereocenters. The standard InChI is InChI=1S/C13H21N3O3/c1-4-14-13-6-5-12(16(18)19)7-11(13)8-15(3)10(2)9-17/h5-7,10,14,17H,4,8-9H2,1-3H3. The summed E-state index contributed by atoms with van der Waals surface area (Å²) < 4.78 is 0. The van der Waals surface area contributed by atoms with Crippen molar-refractivity contribution in [3.8, 4) is 0 Å². The fraction of sp³-hybridized carbons (Fsp3) is 0.538. The monoisotopic (exact) mass is 267 g/mol. The molecule has 2 N–H and O–H groups in total. The maximum atomic E-state index is 10.8. The average molecular weight is 267 g/mol. The van der Waals surface area contributed by atoms with E-state index in [1.165, 1.54) is 6.07 Å². The van der Waals surface area contributed by atoms with Crippen LogP contribution in [-0.4, -0.2) is 41.2 Å². The van der Waals surface area contributed by atoms with E-state index in [1.807, 2.05) is 25.8 Å². The Bertz CT molecular complexity index is 437. The van der Waals surface area contributed by atoms with Crippen molar-refractivity contribution in [1.29, 1.82) is 0 Å². The maximum Gasteiger partial charge on any atom is 0.269 e. The van der Waals surface area contributed by atoms with E-state index in [-0.39, 0.29) is 18.3 Å². The van der Waals surface area contributed by atoms with Gasteiger partial charge < -0.3 is 10.4 Å². The molecule has 6 heteroatoms. The van der Waals surface area contributed by atoms with Crippen LogP contribution >= 0.6 is 0 Å². The molecule has 6 nitrogen and oxygen atoms in total. The zero-order valence-corrected chi connectivity index (χ0v) is 11.6. The summed E-state index contributed by atoms with van der Waals surface area (Å²) in [6.07, 6.45) is 0. The van der Waals surface area contributed by atoms with Gasteiger partial charge in [-0.15, -0.1) is 0 Å². The van der Waals surface area contributed by atoms with E-state index in [1.54, 1.807) is 12.1 Å². The Balaban J connectivity index is 2.99. The molecular weight excluding hydrogens is 246 g/mol. The maximum absolute atomic E-state index is 10.8. The lowest BCUT2D eigenvalue weighted by Crippen LogP contribution is -2.31. The van der Waals surface area contributed by atoms with E-state index >= 15 is 0 Å². The molecule has 0 heterocycles. The van der Waals surface area contributed by atoms with Crippen LogP contribution in [0.2, 0.25) is 0 Å². The number of nitro groups is 1. The van der Waals surface area contributed by atoms with Crippen LogP contribution < -0.4 is 5.32 Å². The molecule has 0 aromatic heterocycles. The molecule has 0 saturated carbocycles. The van der Waals surface area contributed by atoms with Gasteiger partial charge in [0, 0.05) is 37.0 Å². The van der Waals surface area contributed by atoms with Crippen LogP contribution in [0.15, 0.2) is 18.2 Å². The summed E-state index contributed by atoms with van der Waals surface area (Å²) in [5.74, 6) is 0. The van der Waals surface area contributed by atoms with Gasteiger partial charge in [-0.2, -0.15) is 0 Å². The fourth-order valence-corrected chi connectivity index (χ4v) is 1.75. The number of likely N-dealkylation sites (N-methyl/N-ethyl adjacent to an activating group) is 1. The molecule has 1 aromatic rings. The molecule has 0 aliphatic heterocycles. The molecule has 1 rings (SSSR count). The van der Waals surface area contributed by atoms with Gasteiger partial charge in [0.1, 0.15) is 0 Å². The van der Waals surface area contributed by atoms with E-state index in [4.69, 9.17) is 5.11 Å². The highest BCUT2D eigenvalue weighted by Gasteiger charge is 2.14. The van der Waals surface area contributed by atoms with E-state index in [2.05, 4.69) is 5.32 Å². The molecule has 106 valence electrons. The number of anilines is 1. The second kappa shape index (κ2) is 7.06. The summed E-state index contributed by atoms with van der Waals surface area (Å²) in [4.78, 5) is 12.4. The van der Waals surface area contributed by atoms with Crippen LogP contribution in [0, 0.1) is 10.1 Å². The van der Waals surface area contributed by atoms with Gasteiger partial charge >= 0.3 is 0 Å². The van der Waals surface area contributed by atoms with Gasteiger partial charge in [0.15, 0.2) is 0 Å². The number of non-ortho nitro benzene ring substituents is 1. The highest BCUT2D eigenvalue weighted by atomic mass is 16.6. The summed E-state index contributed by atoms with van der Waals surface area (Å²) in [7, 11) is 1.88. The lowest BCUT2D eigenvalue weighted by atomic mass is 10.1. The largest absolute Gasteiger partial charge is 0.395 e. The number of aliphatic hydroxyl groups excluding tert-OH is 1. The van der Waals surface area contributed by atoms with Crippen LogP contribution in [0.25, 0.3) is 0 Å². The van der Waals surface area contributed by atoms with Crippen LogP contribution in [0.1, 0.15) is 19.4 Å². The summed E-state index contributed by atoms with van der Waals surface area (Å²) in [5.41, 5.74) is 1.84. The smallest absolute Gasteiger partial charge is 0.269 e. The molecule has 0 saturated heterocycles. The Labute approximate surface area is 113 Å². The van der Waals surface area contributed by atoms with Crippen LogP contribution in [0.5, 0.6) is 0 Å². The second-order valence-corrected chi connectivity index (χ2v) is 4.58. The number of nitrogens with one attached hydrogen (secondary N) is 1. The number of aliphatic hydroxyl groups is 1. The van der Waals surface area contributed by atoms with Crippen molar-refractivity contribution in [3.05, 3.63) is 33.9 Å². The molecule has 1 aromatic carbocycles. The van der Waals surface area contributed by atoms with Gasteiger partial charge in [-0.05, 0) is 32.5 Å². The van der Waals surface area contributed by atoms with Crippen molar-refractivity contribution in [1.82, 2.24) is 4.90 Å². The Hall–Kier alpha value is -1.66. The summed E-state index contributed by atoms with van der Waals surface area (Å²) in [5, 5.41) is 23.2. The van der Waals surface area contributed by atoms with Gasteiger partial charge in [0.25, 0.3) is 5.69 Å². The molecule has 19 heavy (non-hydrogen) atoms. The van der Waals surface area contributed by atoms with E-state index < -0.39 is 4.92 Å². The van der Waals surface area contributed by atoms with Gasteiger partial charge in [-0.1, -0.05) is 0 Å². The van der Waals surface area contributed by atoms with Gasteiger partial charge in [-0.25, -0.2) is 0 Å². The second-order valence-electron chi connectivity index (χ2n) is 4.58. The van der Waals surface area contributed by atoms with Crippen LogP contribution in [0.4, 0.5) is 11.4 Å². The molecule has 1 atom stereocenters. The Morgan fingerprint density at radius 1 is 1.53 bits per heavy atom. The zero-order chi connectivity index (χ0) is 14.4. The molecule has 0 bridgehead atoms. The van der Waals surface area contributed by atoms with Gasteiger partial charge in [0.2, 0.25) is 0 Å². The minimum absolute atomic E-state index is 0.00809. The number of nitrogens with zero attached hydrogens (tertiary/aromatic N) is 2. The van der Waals surface area contributed by atoms with E-state index in [9.17, 15) is 10.1 Å². The molecule has 0 aliphatic carbocycles. The number of rotatable bonds is 7. The highest BCUT2D eigenvalue weighted by molar-refractivity contribution is 5.56. The van der Waals surface area contributed by atoms with Crippen LogP contribution in [0.3, 0.4) is 0 Å². The van der Waals surface area contributed by atoms with Crippen molar-refractivity contribution in [3.63, 3.8) is 0 Å². The highest BCUT2D eigenvalue weighted by Crippen LogP contribution is 2.23. The predicted molar refractivity (Wildman–Crippen MR) is 75.3 cm³/mol. The topological polar surface area (TPSA) is 78.6 Å². The predicted octanol–water partition coefficient (Wildman–Crippen LogP) is 1.84. The summed E-state index contributed by atoms with van der Waals surface area (Å²) in [6.45, 7) is 5.24. The molecule has 0 amide bonds. The first-order valence-electron chi connectivity index (χ1n) is 6.31. The summed E-state index contributed by atoms with van der Waals surface area (Å²) >= 11 is 0. The van der Waals surface area contributed by atoms with Crippen molar-refractivity contribution >= 4 is 11.4 Å². The van der Waals surface area contributed by atoms with Crippen molar-refractivity contribution in [2.45, 2.75) is 26.4 Å². The molecule has 0 radical (unpaired) electrons. The first-order valence-corrected chi connectivity index (χ1v) is 6.31. The summed E-state index contributed by atoms with van der Waals surface area (Å²) in [6, 6.07) is 4.82. The van der Waals surface area contributed by atoms with Gasteiger partial charge in [-0.3, -0.25) is 15.0 Å². The Morgan fingerprint density at radius 3 is 2.74 bits per heavy atom. The van der Waals surface area contributed by atoms with Crippen molar-refractivity contribution < 1.29 is 10.0 Å². The fourth-order valence-electron chi connectivity index (χ4n) is 1.75. The van der Waals surface area contributed by atoms with Crippen molar-refractivity contribution in [2.24, 2.45) is 0 Å². The van der Waals surface area contributed by atoms with Gasteiger partial charge in [0.05, 0.1) is 11.5 Å². The van der Waals surface area contributed by atoms with E-state index in [0.29, 0.717) is 6.54 Å². The first-order chi connectivity index (χ1) is 8.99. The molecule has 0 spiro atoms. The Kier molecular flexibility index (Phi) is 5.72. The minimum atomic E-state index is -0.394. The van der Waals surface area contributed by atoms with Crippen molar-refractivity contribution in [2.75, 3.05) is 25.5 Å². The quantitative estimate of drug-likeness (QED) is 0.582. The lowest BCUT2D eigenvalue weighted by Gasteiger charge is -2.24. The van der Waals surface area contributed by atoms with Crippen LogP contribution in [-0.2, 0) is 6.54 Å². The van der Waals surface area contributed by atoms with E-state index in [0.717, 1.165) is 17.8 Å². The number of nitro benzene ring substituents is 1. The molecular formula is C13H21N3O3. The number of benzene rings is 1. The molecule has 0 fully saturated rings. The average Bonchev–Trinajstić information content (AvgIpc) is 2.39.